The number of methoxy groups -OCH3 is 2. The molecule has 0 aromatic heterocycles. The van der Waals surface area contributed by atoms with Crippen LogP contribution in [0.1, 0.15) is 0 Å². The van der Waals surface area contributed by atoms with Crippen molar-refractivity contribution >= 4 is 127 Å². The first-order valence-corrected chi connectivity index (χ1v) is 12.5. The third kappa shape index (κ3) is 4.33. The Balaban J connectivity index is 2.78. The molecule has 0 spiro atoms. The van der Waals surface area contributed by atoms with Crippen LogP contribution >= 0.6 is 127 Å². The molecule has 25 heavy (non-hydrogen) atoms. The van der Waals surface area contributed by atoms with Crippen LogP contribution in [0.3, 0.4) is 0 Å². The minimum Gasteiger partial charge on any atom is -0.492 e. The van der Waals surface area contributed by atoms with Gasteiger partial charge in [-0.05, 0) is 127 Å². The number of halogens is 8. The Morgan fingerprint density at radius 3 is 0.880 bits per heavy atom. The fourth-order valence-corrected chi connectivity index (χ4v) is 6.41. The third-order valence-corrected chi connectivity index (χ3v) is 12.4. The number of rotatable bonds is 4. The highest BCUT2D eigenvalue weighted by molar-refractivity contribution is 9.15. The summed E-state index contributed by atoms with van der Waals surface area (Å²) in [4.78, 5) is 0. The van der Waals surface area contributed by atoms with Crippen LogP contribution in [-0.4, -0.2) is 14.2 Å². The summed E-state index contributed by atoms with van der Waals surface area (Å²) in [5.41, 5.74) is 0. The van der Waals surface area contributed by atoms with Gasteiger partial charge >= 0.3 is 0 Å². The van der Waals surface area contributed by atoms with E-state index in [4.69, 9.17) is 14.2 Å². The van der Waals surface area contributed by atoms with Gasteiger partial charge in [0.05, 0.1) is 50.0 Å². The minimum atomic E-state index is 0.476. The monoisotopic (exact) mass is 853 g/mol. The third-order valence-electron chi connectivity index (χ3n) is 2.98. The zero-order valence-electron chi connectivity index (χ0n) is 12.2. The molecule has 0 aliphatic rings. The van der Waals surface area contributed by atoms with Gasteiger partial charge in [0, 0.05) is 0 Å². The topological polar surface area (TPSA) is 27.7 Å². The van der Waals surface area contributed by atoms with E-state index in [2.05, 4.69) is 127 Å². The summed E-state index contributed by atoms with van der Waals surface area (Å²) < 4.78 is 23.2. The second kappa shape index (κ2) is 9.45. The summed E-state index contributed by atoms with van der Waals surface area (Å²) in [6.07, 6.45) is 0. The maximum atomic E-state index is 6.21. The molecule has 0 amide bonds. The lowest BCUT2D eigenvalue weighted by Crippen LogP contribution is -1.99. The van der Waals surface area contributed by atoms with Crippen molar-refractivity contribution in [1.82, 2.24) is 0 Å². The Labute approximate surface area is 211 Å². The summed E-state index contributed by atoms with van der Waals surface area (Å²) >= 11 is 28.2. The summed E-state index contributed by atoms with van der Waals surface area (Å²) in [6.45, 7) is 0. The van der Waals surface area contributed by atoms with Gasteiger partial charge in [-0.15, -0.1) is 0 Å². The van der Waals surface area contributed by atoms with E-state index in [1.54, 1.807) is 14.2 Å². The lowest BCUT2D eigenvalue weighted by molar-refractivity contribution is 0.351. The van der Waals surface area contributed by atoms with Crippen molar-refractivity contribution in [3.8, 4) is 23.0 Å². The summed E-state index contributed by atoms with van der Waals surface area (Å²) in [7, 11) is 3.14. The van der Waals surface area contributed by atoms with Crippen molar-refractivity contribution in [2.24, 2.45) is 0 Å². The molecule has 2 rings (SSSR count). The van der Waals surface area contributed by atoms with Crippen LogP contribution in [-0.2, 0) is 0 Å². The lowest BCUT2D eigenvalue weighted by atomic mass is 10.3. The van der Waals surface area contributed by atoms with Gasteiger partial charge in [0.25, 0.3) is 0 Å². The first-order valence-electron chi connectivity index (χ1n) is 6.14. The van der Waals surface area contributed by atoms with Crippen LogP contribution in [0.5, 0.6) is 23.0 Å². The van der Waals surface area contributed by atoms with E-state index in [0.717, 1.165) is 17.9 Å². The van der Waals surface area contributed by atoms with Crippen molar-refractivity contribution in [3.05, 3.63) is 35.8 Å². The van der Waals surface area contributed by atoms with Crippen LogP contribution in [0.25, 0.3) is 0 Å². The van der Waals surface area contributed by atoms with Crippen LogP contribution in [0.4, 0.5) is 0 Å². The molecule has 0 fully saturated rings. The maximum absolute atomic E-state index is 6.21. The molecule has 0 bridgehead atoms. The van der Waals surface area contributed by atoms with Gasteiger partial charge in [0.15, 0.2) is 23.0 Å². The second-order valence-corrected chi connectivity index (χ2v) is 10.7. The number of benzene rings is 2. The Bertz CT molecular complexity index is 784. The quantitative estimate of drug-likeness (QED) is 0.227. The molecule has 136 valence electrons. The molecule has 0 unspecified atom stereocenters. The molecular weight excluding hydrogens is 855 g/mol. The molecular formula is C14H6Br8O3. The molecule has 3 nitrogen and oxygen atoms in total. The van der Waals surface area contributed by atoms with E-state index in [-0.39, 0.29) is 0 Å². The average Bonchev–Trinajstić information content (AvgIpc) is 2.60. The number of hydrogen-bond acceptors (Lipinski definition) is 3. The van der Waals surface area contributed by atoms with Gasteiger partial charge < -0.3 is 14.2 Å². The van der Waals surface area contributed by atoms with Gasteiger partial charge in [-0.2, -0.15) is 0 Å². The first-order chi connectivity index (χ1) is 11.7. The zero-order chi connectivity index (χ0) is 19.0. The van der Waals surface area contributed by atoms with Crippen molar-refractivity contribution < 1.29 is 14.2 Å². The smallest absolute Gasteiger partial charge is 0.186 e. The van der Waals surface area contributed by atoms with E-state index >= 15 is 0 Å². The molecule has 0 aliphatic carbocycles. The second-order valence-electron chi connectivity index (χ2n) is 4.34. The highest BCUT2D eigenvalue weighted by atomic mass is 79.9. The Morgan fingerprint density at radius 2 is 0.640 bits per heavy atom. The normalized spacial score (nSPS) is 10.8. The van der Waals surface area contributed by atoms with Crippen LogP contribution < -0.4 is 14.2 Å². The molecule has 0 aliphatic heterocycles. The van der Waals surface area contributed by atoms with E-state index in [0.29, 0.717) is 40.9 Å². The summed E-state index contributed by atoms with van der Waals surface area (Å²) in [5.74, 6) is 1.99. The Morgan fingerprint density at radius 1 is 0.400 bits per heavy atom. The molecule has 0 heterocycles. The maximum Gasteiger partial charge on any atom is 0.186 e. The van der Waals surface area contributed by atoms with E-state index in [9.17, 15) is 0 Å². The van der Waals surface area contributed by atoms with E-state index < -0.39 is 0 Å². The lowest BCUT2D eigenvalue weighted by Gasteiger charge is -2.20. The average molecular weight is 861 g/mol. The molecule has 0 N–H and O–H groups in total. The van der Waals surface area contributed by atoms with Gasteiger partial charge in [0.2, 0.25) is 0 Å². The Hall–Kier alpha value is 1.68. The highest BCUT2D eigenvalue weighted by Gasteiger charge is 2.27. The van der Waals surface area contributed by atoms with Crippen molar-refractivity contribution in [2.45, 2.75) is 0 Å². The van der Waals surface area contributed by atoms with E-state index in [1.807, 2.05) is 0 Å². The van der Waals surface area contributed by atoms with Crippen LogP contribution in [0, 0.1) is 0 Å². The molecule has 0 saturated heterocycles. The number of hydrogen-bond donors (Lipinski definition) is 0. The van der Waals surface area contributed by atoms with Crippen LogP contribution in [0.15, 0.2) is 35.8 Å². The largest absolute Gasteiger partial charge is 0.492 e. The van der Waals surface area contributed by atoms with Crippen molar-refractivity contribution in [1.29, 1.82) is 0 Å². The van der Waals surface area contributed by atoms with Gasteiger partial charge in [-0.3, -0.25) is 0 Å². The summed E-state index contributed by atoms with van der Waals surface area (Å²) in [6, 6.07) is 0. The van der Waals surface area contributed by atoms with Crippen LogP contribution in [0.2, 0.25) is 0 Å². The number of ether oxygens (including phenoxy) is 3. The molecule has 11 heteroatoms. The highest BCUT2D eigenvalue weighted by Crippen LogP contribution is 2.56. The predicted octanol–water partition coefficient (Wildman–Crippen LogP) is 9.60. The molecule has 2 aromatic rings. The minimum absolute atomic E-state index is 0.476. The van der Waals surface area contributed by atoms with Crippen molar-refractivity contribution in [2.75, 3.05) is 14.2 Å². The SMILES string of the molecule is COc1c(Br)c(Br)c(Br)c(Br)c1Oc1c(Br)c(Br)c(Br)c(Br)c1OC. The van der Waals surface area contributed by atoms with Gasteiger partial charge in [-0.1, -0.05) is 0 Å². The van der Waals surface area contributed by atoms with Crippen molar-refractivity contribution in [3.63, 3.8) is 0 Å². The zero-order valence-corrected chi connectivity index (χ0v) is 24.9. The fraction of sp³-hybridized carbons (Fsp3) is 0.143. The van der Waals surface area contributed by atoms with E-state index in [1.165, 1.54) is 0 Å². The molecule has 0 atom stereocenters. The first kappa shape index (κ1) is 23.0. The summed E-state index contributed by atoms with van der Waals surface area (Å²) in [5, 5.41) is 0. The standard InChI is InChI=1S/C14H6Br8O3/c1-23-11-7(19)3(15)5(17)9(21)13(11)25-14-10(22)6(18)4(16)8(20)12(14)24-2/h1-2H3. The van der Waals surface area contributed by atoms with Gasteiger partial charge in [-0.25, -0.2) is 0 Å². The van der Waals surface area contributed by atoms with Gasteiger partial charge in [0.1, 0.15) is 0 Å². The molecule has 0 saturated carbocycles. The predicted molar refractivity (Wildman–Crippen MR) is 128 cm³/mol. The fourth-order valence-electron chi connectivity index (χ4n) is 1.83. The molecule has 2 aromatic carbocycles. The Kier molecular flexibility index (Phi) is 8.68. The molecule has 0 radical (unpaired) electrons.